The van der Waals surface area contributed by atoms with Crippen LogP contribution in [-0.4, -0.2) is 12.5 Å². The molecule has 92 valence electrons. The lowest BCUT2D eigenvalue weighted by Crippen LogP contribution is -2.29. The average Bonchev–Trinajstić information content (AvgIpc) is 3.12. The molecule has 2 rings (SSSR count). The van der Waals surface area contributed by atoms with Gasteiger partial charge in [0.1, 0.15) is 0 Å². The summed E-state index contributed by atoms with van der Waals surface area (Å²) < 4.78 is 0. The van der Waals surface area contributed by atoms with E-state index >= 15 is 0 Å². The van der Waals surface area contributed by atoms with E-state index in [1.54, 1.807) is 0 Å². The number of carbonyl (C=O) groups is 1. The Kier molecular flexibility index (Phi) is 3.67. The number of hydrogen-bond acceptors (Lipinski definition) is 2. The van der Waals surface area contributed by atoms with Crippen LogP contribution in [0.15, 0.2) is 24.3 Å². The molecule has 0 aromatic heterocycles. The third-order valence-electron chi connectivity index (χ3n) is 3.35. The zero-order chi connectivity index (χ0) is 12.3. The summed E-state index contributed by atoms with van der Waals surface area (Å²) in [4.78, 5) is 11.9. The number of benzene rings is 1. The van der Waals surface area contributed by atoms with Crippen LogP contribution in [0, 0.1) is 5.92 Å². The Balaban J connectivity index is 1.84. The van der Waals surface area contributed by atoms with Crippen LogP contribution in [0.25, 0.3) is 0 Å². The van der Waals surface area contributed by atoms with E-state index in [4.69, 9.17) is 5.73 Å². The monoisotopic (exact) mass is 232 g/mol. The first-order chi connectivity index (χ1) is 8.16. The van der Waals surface area contributed by atoms with Crippen LogP contribution in [0.1, 0.15) is 37.7 Å². The first-order valence-electron chi connectivity index (χ1n) is 6.30. The maximum atomic E-state index is 11.9. The van der Waals surface area contributed by atoms with Gasteiger partial charge in [0.15, 0.2) is 0 Å². The quantitative estimate of drug-likeness (QED) is 0.765. The van der Waals surface area contributed by atoms with E-state index in [2.05, 4.69) is 5.32 Å². The van der Waals surface area contributed by atoms with E-state index in [1.807, 2.05) is 31.2 Å². The van der Waals surface area contributed by atoms with Crippen LogP contribution < -0.4 is 11.1 Å². The highest BCUT2D eigenvalue weighted by Crippen LogP contribution is 2.31. The molecule has 0 aliphatic heterocycles. The molecule has 1 aliphatic carbocycles. The second-order valence-electron chi connectivity index (χ2n) is 4.91. The zero-order valence-electron chi connectivity index (χ0n) is 10.3. The Morgan fingerprint density at radius 1 is 1.53 bits per heavy atom. The molecule has 0 saturated heterocycles. The van der Waals surface area contributed by atoms with Crippen molar-refractivity contribution in [3.05, 3.63) is 29.8 Å². The fourth-order valence-corrected chi connectivity index (χ4v) is 1.94. The van der Waals surface area contributed by atoms with Crippen LogP contribution in [-0.2, 0) is 4.79 Å². The van der Waals surface area contributed by atoms with Crippen molar-refractivity contribution in [3.8, 4) is 0 Å². The molecule has 1 atom stereocenters. The number of amides is 1. The number of hydrogen-bond donors (Lipinski definition) is 2. The Morgan fingerprint density at radius 2 is 2.29 bits per heavy atom. The van der Waals surface area contributed by atoms with Crippen molar-refractivity contribution in [1.82, 2.24) is 5.32 Å². The zero-order valence-corrected chi connectivity index (χ0v) is 10.3. The summed E-state index contributed by atoms with van der Waals surface area (Å²) >= 11 is 0. The fourth-order valence-electron chi connectivity index (χ4n) is 1.94. The maximum absolute atomic E-state index is 11.9. The van der Waals surface area contributed by atoms with Crippen molar-refractivity contribution in [2.24, 2.45) is 5.92 Å². The van der Waals surface area contributed by atoms with Crippen molar-refractivity contribution in [3.63, 3.8) is 0 Å². The number of nitrogens with two attached hydrogens (primary N) is 1. The van der Waals surface area contributed by atoms with Crippen molar-refractivity contribution in [2.75, 3.05) is 12.3 Å². The Bertz CT molecular complexity index is 399. The van der Waals surface area contributed by atoms with Gasteiger partial charge >= 0.3 is 0 Å². The Labute approximate surface area is 102 Å². The molecule has 0 radical (unpaired) electrons. The lowest BCUT2D eigenvalue weighted by atomic mass is 10.00. The summed E-state index contributed by atoms with van der Waals surface area (Å²) in [6.07, 6.45) is 3.79. The molecular weight excluding hydrogens is 212 g/mol. The van der Waals surface area contributed by atoms with Crippen molar-refractivity contribution < 1.29 is 4.79 Å². The summed E-state index contributed by atoms with van der Waals surface area (Å²) in [7, 11) is 0. The van der Waals surface area contributed by atoms with E-state index in [-0.39, 0.29) is 11.8 Å². The van der Waals surface area contributed by atoms with Gasteiger partial charge in [-0.3, -0.25) is 4.79 Å². The van der Waals surface area contributed by atoms with Crippen LogP contribution >= 0.6 is 0 Å². The largest absolute Gasteiger partial charge is 0.399 e. The molecule has 3 heteroatoms. The predicted molar refractivity (Wildman–Crippen MR) is 69.6 cm³/mol. The third kappa shape index (κ3) is 3.48. The highest BCUT2D eigenvalue weighted by atomic mass is 16.1. The van der Waals surface area contributed by atoms with E-state index < -0.39 is 0 Å². The molecule has 3 N–H and O–H groups in total. The predicted octanol–water partition coefficient (Wildman–Crippen LogP) is 2.29. The van der Waals surface area contributed by atoms with Gasteiger partial charge in [0.2, 0.25) is 5.91 Å². The fraction of sp³-hybridized carbons (Fsp3) is 0.500. The maximum Gasteiger partial charge on any atom is 0.227 e. The average molecular weight is 232 g/mol. The van der Waals surface area contributed by atoms with Gasteiger partial charge < -0.3 is 11.1 Å². The molecule has 1 aromatic rings. The van der Waals surface area contributed by atoms with E-state index in [0.29, 0.717) is 5.69 Å². The normalized spacial score (nSPS) is 16.5. The van der Waals surface area contributed by atoms with Gasteiger partial charge in [-0.25, -0.2) is 0 Å². The summed E-state index contributed by atoms with van der Waals surface area (Å²) in [5.74, 6) is 0.826. The SMILES string of the molecule is CC(C(=O)NCCC1CC1)c1cccc(N)c1. The molecular formula is C14H20N2O. The van der Waals surface area contributed by atoms with Crippen LogP contribution in [0.5, 0.6) is 0 Å². The minimum atomic E-state index is -0.127. The number of nitrogen functional groups attached to an aromatic ring is 1. The first kappa shape index (κ1) is 12.0. The highest BCUT2D eigenvalue weighted by molar-refractivity contribution is 5.83. The Morgan fingerprint density at radius 3 is 2.94 bits per heavy atom. The molecule has 0 heterocycles. The number of rotatable bonds is 5. The summed E-state index contributed by atoms with van der Waals surface area (Å²) in [6.45, 7) is 2.72. The standard InChI is InChI=1S/C14H20N2O/c1-10(12-3-2-4-13(15)9-12)14(17)16-8-7-11-5-6-11/h2-4,9-11H,5-8,15H2,1H3,(H,16,17). The van der Waals surface area contributed by atoms with Gasteiger partial charge in [-0.2, -0.15) is 0 Å². The van der Waals surface area contributed by atoms with Crippen molar-refractivity contribution >= 4 is 11.6 Å². The van der Waals surface area contributed by atoms with E-state index in [9.17, 15) is 4.79 Å². The van der Waals surface area contributed by atoms with E-state index in [0.717, 1.165) is 24.4 Å². The van der Waals surface area contributed by atoms with Gasteiger partial charge in [0.05, 0.1) is 5.92 Å². The van der Waals surface area contributed by atoms with Gasteiger partial charge in [-0.05, 0) is 37.0 Å². The van der Waals surface area contributed by atoms with Crippen LogP contribution in [0.2, 0.25) is 0 Å². The molecule has 1 aliphatic rings. The lowest BCUT2D eigenvalue weighted by molar-refractivity contribution is -0.122. The van der Waals surface area contributed by atoms with Crippen LogP contribution in [0.4, 0.5) is 5.69 Å². The first-order valence-corrected chi connectivity index (χ1v) is 6.30. The van der Waals surface area contributed by atoms with Gasteiger partial charge in [-0.15, -0.1) is 0 Å². The molecule has 3 nitrogen and oxygen atoms in total. The number of nitrogens with one attached hydrogen (secondary N) is 1. The number of carbonyl (C=O) groups excluding carboxylic acids is 1. The van der Waals surface area contributed by atoms with Crippen LogP contribution in [0.3, 0.4) is 0 Å². The second-order valence-corrected chi connectivity index (χ2v) is 4.91. The second kappa shape index (κ2) is 5.21. The molecule has 17 heavy (non-hydrogen) atoms. The lowest BCUT2D eigenvalue weighted by Gasteiger charge is -2.12. The molecule has 1 unspecified atom stereocenters. The van der Waals surface area contributed by atoms with Crippen molar-refractivity contribution in [1.29, 1.82) is 0 Å². The molecule has 1 fully saturated rings. The summed E-state index contributed by atoms with van der Waals surface area (Å²) in [6, 6.07) is 7.53. The molecule has 1 aromatic carbocycles. The van der Waals surface area contributed by atoms with E-state index in [1.165, 1.54) is 12.8 Å². The molecule has 0 spiro atoms. The topological polar surface area (TPSA) is 55.1 Å². The smallest absolute Gasteiger partial charge is 0.227 e. The third-order valence-corrected chi connectivity index (χ3v) is 3.35. The molecule has 1 amide bonds. The van der Waals surface area contributed by atoms with Crippen molar-refractivity contribution in [2.45, 2.75) is 32.1 Å². The highest BCUT2D eigenvalue weighted by Gasteiger charge is 2.21. The summed E-state index contributed by atoms with van der Waals surface area (Å²) in [5.41, 5.74) is 7.40. The summed E-state index contributed by atoms with van der Waals surface area (Å²) in [5, 5.41) is 2.99. The van der Waals surface area contributed by atoms with Gasteiger partial charge in [0.25, 0.3) is 0 Å². The number of anilines is 1. The minimum absolute atomic E-state index is 0.0938. The Hall–Kier alpha value is -1.51. The molecule has 0 bridgehead atoms. The molecule has 1 saturated carbocycles. The van der Waals surface area contributed by atoms with Gasteiger partial charge in [0, 0.05) is 12.2 Å². The van der Waals surface area contributed by atoms with Gasteiger partial charge in [-0.1, -0.05) is 25.0 Å². The minimum Gasteiger partial charge on any atom is -0.399 e.